The van der Waals surface area contributed by atoms with E-state index < -0.39 is 0 Å². The molecule has 0 fully saturated rings. The van der Waals surface area contributed by atoms with Gasteiger partial charge in [0, 0.05) is 18.8 Å². The van der Waals surface area contributed by atoms with Gasteiger partial charge in [0.25, 0.3) is 0 Å². The van der Waals surface area contributed by atoms with Gasteiger partial charge in [0.05, 0.1) is 0 Å². The summed E-state index contributed by atoms with van der Waals surface area (Å²) in [6.07, 6.45) is 3.28. The normalized spacial score (nSPS) is 10.1. The molecule has 1 aromatic heterocycles. The molecule has 20 heavy (non-hydrogen) atoms. The van der Waals surface area contributed by atoms with Crippen LogP contribution < -0.4 is 16.0 Å². The van der Waals surface area contributed by atoms with Crippen LogP contribution in [0.1, 0.15) is 6.92 Å². The minimum absolute atomic E-state index is 0.542. The van der Waals surface area contributed by atoms with Crippen LogP contribution in [0.4, 0.5) is 23.0 Å². The van der Waals surface area contributed by atoms with Crippen molar-refractivity contribution in [3.8, 4) is 0 Å². The fourth-order valence-corrected chi connectivity index (χ4v) is 1.97. The lowest BCUT2D eigenvalue weighted by molar-refractivity contribution is 0.978. The van der Waals surface area contributed by atoms with Crippen molar-refractivity contribution in [3.63, 3.8) is 0 Å². The molecule has 2 aromatic rings. The third kappa shape index (κ3) is 2.88. The van der Waals surface area contributed by atoms with E-state index in [9.17, 15) is 0 Å². The number of aromatic nitrogens is 2. The number of hydrogen-bond acceptors (Lipinski definition) is 5. The molecule has 0 unspecified atom stereocenters. The zero-order valence-electron chi connectivity index (χ0n) is 11.6. The van der Waals surface area contributed by atoms with Crippen molar-refractivity contribution in [2.45, 2.75) is 6.92 Å². The van der Waals surface area contributed by atoms with Gasteiger partial charge in [-0.2, -0.15) is 0 Å². The van der Waals surface area contributed by atoms with Gasteiger partial charge in [-0.25, -0.2) is 9.97 Å². The highest BCUT2D eigenvalue weighted by Gasteiger charge is 2.14. The van der Waals surface area contributed by atoms with Gasteiger partial charge in [-0.05, 0) is 19.1 Å². The molecule has 2 rings (SSSR count). The molecule has 0 bridgehead atoms. The summed E-state index contributed by atoms with van der Waals surface area (Å²) in [5.74, 6) is 1.34. The number of para-hydroxylation sites is 1. The number of nitrogens with two attached hydrogens (primary N) is 1. The Hall–Kier alpha value is -2.56. The van der Waals surface area contributed by atoms with E-state index in [1.165, 1.54) is 6.33 Å². The minimum Gasteiger partial charge on any atom is -0.393 e. The van der Waals surface area contributed by atoms with E-state index in [-0.39, 0.29) is 0 Å². The second-order valence-electron chi connectivity index (χ2n) is 4.21. The first kappa shape index (κ1) is 13.9. The summed E-state index contributed by atoms with van der Waals surface area (Å²) in [4.78, 5) is 10.5. The average Bonchev–Trinajstić information content (AvgIpc) is 2.49. The Morgan fingerprint density at radius 1 is 1.30 bits per heavy atom. The number of nitrogen functional groups attached to an aromatic ring is 1. The first-order valence-electron chi connectivity index (χ1n) is 6.55. The third-order valence-electron chi connectivity index (χ3n) is 2.92. The van der Waals surface area contributed by atoms with Crippen LogP contribution in [0, 0.1) is 0 Å². The molecule has 0 saturated carbocycles. The molecule has 1 heterocycles. The molecule has 0 amide bonds. The fraction of sp³-hybridized carbons (Fsp3) is 0.200. The van der Waals surface area contributed by atoms with Crippen molar-refractivity contribution in [1.82, 2.24) is 9.97 Å². The molecule has 3 N–H and O–H groups in total. The zero-order chi connectivity index (χ0) is 14.4. The lowest BCUT2D eigenvalue weighted by Gasteiger charge is -2.24. The molecule has 0 atom stereocenters. The Labute approximate surface area is 119 Å². The number of anilines is 4. The van der Waals surface area contributed by atoms with Gasteiger partial charge in [0.1, 0.15) is 12.0 Å². The summed E-state index contributed by atoms with van der Waals surface area (Å²) in [6, 6.07) is 10.0. The second-order valence-corrected chi connectivity index (χ2v) is 4.21. The van der Waals surface area contributed by atoms with Crippen LogP contribution >= 0.6 is 0 Å². The van der Waals surface area contributed by atoms with Crippen molar-refractivity contribution in [3.05, 3.63) is 49.3 Å². The van der Waals surface area contributed by atoms with Crippen molar-refractivity contribution >= 4 is 23.0 Å². The van der Waals surface area contributed by atoms with E-state index in [2.05, 4.69) is 33.7 Å². The van der Waals surface area contributed by atoms with Crippen molar-refractivity contribution in [2.24, 2.45) is 0 Å². The lowest BCUT2D eigenvalue weighted by atomic mass is 10.2. The van der Waals surface area contributed by atoms with Crippen molar-refractivity contribution in [1.29, 1.82) is 0 Å². The van der Waals surface area contributed by atoms with Crippen LogP contribution in [-0.4, -0.2) is 23.1 Å². The molecule has 5 heteroatoms. The molecular weight excluding hydrogens is 250 g/mol. The van der Waals surface area contributed by atoms with Crippen molar-refractivity contribution in [2.75, 3.05) is 29.0 Å². The number of nitrogens with one attached hydrogen (secondary N) is 1. The number of benzene rings is 1. The van der Waals surface area contributed by atoms with Crippen LogP contribution in [-0.2, 0) is 0 Å². The molecule has 0 spiro atoms. The van der Waals surface area contributed by atoms with Crippen LogP contribution in [0.15, 0.2) is 49.3 Å². The highest BCUT2D eigenvalue weighted by Crippen LogP contribution is 2.31. The van der Waals surface area contributed by atoms with Gasteiger partial charge in [0.2, 0.25) is 0 Å². The summed E-state index contributed by atoms with van der Waals surface area (Å²) < 4.78 is 0. The van der Waals surface area contributed by atoms with E-state index in [0.29, 0.717) is 23.9 Å². The third-order valence-corrected chi connectivity index (χ3v) is 2.92. The standard InChI is InChI=1S/C15H19N5/c1-3-10-17-14-13(16)15(19-11-18-14)20(4-2)12-8-6-5-7-9-12/h3,5-9,11H,1,4,10,16H2,2H3,(H,17,18,19). The van der Waals surface area contributed by atoms with E-state index in [1.54, 1.807) is 6.08 Å². The topological polar surface area (TPSA) is 67.1 Å². The SMILES string of the molecule is C=CCNc1ncnc(N(CC)c2ccccc2)c1N. The van der Waals surface area contributed by atoms with Gasteiger partial charge in [-0.3, -0.25) is 0 Å². The molecule has 1 aromatic carbocycles. The Balaban J connectivity index is 2.37. The first-order valence-corrected chi connectivity index (χ1v) is 6.55. The summed E-state index contributed by atoms with van der Waals surface area (Å²) in [5, 5.41) is 3.11. The van der Waals surface area contributed by atoms with E-state index in [0.717, 1.165) is 12.2 Å². The Morgan fingerprint density at radius 3 is 2.70 bits per heavy atom. The van der Waals surface area contributed by atoms with Gasteiger partial charge in [0.15, 0.2) is 11.6 Å². The Bertz CT molecular complexity index is 568. The van der Waals surface area contributed by atoms with E-state index in [1.807, 2.05) is 30.3 Å². The molecule has 5 nitrogen and oxygen atoms in total. The highest BCUT2D eigenvalue weighted by molar-refractivity contribution is 5.79. The van der Waals surface area contributed by atoms with Gasteiger partial charge < -0.3 is 16.0 Å². The van der Waals surface area contributed by atoms with Crippen LogP contribution in [0.3, 0.4) is 0 Å². The van der Waals surface area contributed by atoms with E-state index >= 15 is 0 Å². The predicted octanol–water partition coefficient (Wildman–Crippen LogP) is 2.81. The van der Waals surface area contributed by atoms with Crippen LogP contribution in [0.5, 0.6) is 0 Å². The smallest absolute Gasteiger partial charge is 0.161 e. The first-order chi connectivity index (χ1) is 9.77. The average molecular weight is 269 g/mol. The molecular formula is C15H19N5. The van der Waals surface area contributed by atoms with E-state index in [4.69, 9.17) is 5.73 Å². The Morgan fingerprint density at radius 2 is 2.05 bits per heavy atom. The monoisotopic (exact) mass is 269 g/mol. The predicted molar refractivity (Wildman–Crippen MR) is 84.3 cm³/mol. The van der Waals surface area contributed by atoms with Crippen LogP contribution in [0.25, 0.3) is 0 Å². The summed E-state index contributed by atoms with van der Waals surface area (Å²) in [6.45, 7) is 7.11. The molecule has 0 aliphatic heterocycles. The molecule has 0 aliphatic rings. The van der Waals surface area contributed by atoms with Gasteiger partial charge in [-0.15, -0.1) is 6.58 Å². The lowest BCUT2D eigenvalue weighted by Crippen LogP contribution is -2.20. The minimum atomic E-state index is 0.542. The summed E-state index contributed by atoms with van der Waals surface area (Å²) in [5.41, 5.74) is 7.77. The zero-order valence-corrected chi connectivity index (χ0v) is 11.6. The number of hydrogen-bond donors (Lipinski definition) is 2. The number of nitrogens with zero attached hydrogens (tertiary/aromatic N) is 3. The second kappa shape index (κ2) is 6.56. The van der Waals surface area contributed by atoms with Crippen LogP contribution in [0.2, 0.25) is 0 Å². The largest absolute Gasteiger partial charge is 0.393 e. The summed E-state index contributed by atoms with van der Waals surface area (Å²) >= 11 is 0. The molecule has 0 saturated heterocycles. The quantitative estimate of drug-likeness (QED) is 0.789. The highest BCUT2D eigenvalue weighted by atomic mass is 15.2. The Kier molecular flexibility index (Phi) is 4.55. The maximum atomic E-state index is 6.17. The fourth-order valence-electron chi connectivity index (χ4n) is 1.97. The van der Waals surface area contributed by atoms with Crippen molar-refractivity contribution < 1.29 is 0 Å². The maximum Gasteiger partial charge on any atom is 0.161 e. The molecule has 104 valence electrons. The maximum absolute atomic E-state index is 6.17. The van der Waals surface area contributed by atoms with Gasteiger partial charge >= 0.3 is 0 Å². The molecule has 0 radical (unpaired) electrons. The summed E-state index contributed by atoms with van der Waals surface area (Å²) in [7, 11) is 0. The number of rotatable bonds is 6. The molecule has 0 aliphatic carbocycles. The van der Waals surface area contributed by atoms with Gasteiger partial charge in [-0.1, -0.05) is 24.3 Å².